The van der Waals surface area contributed by atoms with Gasteiger partial charge in [0.05, 0.1) is 65.5 Å². The monoisotopic (exact) mass is 1390 g/mol. The van der Waals surface area contributed by atoms with Crippen molar-refractivity contribution in [3.05, 3.63) is 13.2 Å². The zero-order valence-corrected chi connectivity index (χ0v) is 58.0. The van der Waals surface area contributed by atoms with Crippen LogP contribution in [0.25, 0.3) is 0 Å². The molecule has 0 atom stereocenters. The van der Waals surface area contributed by atoms with Crippen LogP contribution in [0.3, 0.4) is 0 Å². The van der Waals surface area contributed by atoms with Gasteiger partial charge in [0.15, 0.2) is 0 Å². The molecule has 4 amide bonds. The second kappa shape index (κ2) is 71.3. The van der Waals surface area contributed by atoms with Gasteiger partial charge in [0.1, 0.15) is 0 Å². The molecule has 6 aliphatic rings. The van der Waals surface area contributed by atoms with E-state index in [2.05, 4.69) is 50.9 Å². The molecule has 0 radical (unpaired) electrons. The summed E-state index contributed by atoms with van der Waals surface area (Å²) in [5.41, 5.74) is 0. The molecule has 0 aromatic carbocycles. The van der Waals surface area contributed by atoms with Crippen LogP contribution in [0.5, 0.6) is 0 Å². The molecule has 6 saturated carbocycles. The van der Waals surface area contributed by atoms with Crippen LogP contribution in [0.2, 0.25) is 0 Å². The molecule has 0 heterocycles. The molecule has 0 spiro atoms. The highest BCUT2D eigenvalue weighted by Crippen LogP contribution is 2.39. The Labute approximate surface area is 581 Å². The predicted molar refractivity (Wildman–Crippen MR) is 384 cm³/mol. The van der Waals surface area contributed by atoms with E-state index in [1.165, 1.54) is 96.3 Å². The van der Waals surface area contributed by atoms with E-state index in [1.807, 2.05) is 0 Å². The number of aliphatic hydroxyl groups is 5. The first kappa shape index (κ1) is 102. The van der Waals surface area contributed by atoms with E-state index in [-0.39, 0.29) is 135 Å². The summed E-state index contributed by atoms with van der Waals surface area (Å²) in [6.07, 6.45) is 36.4. The molecule has 6 aliphatic carbocycles. The second-order valence-electron chi connectivity index (χ2n) is 24.6. The fourth-order valence-electron chi connectivity index (χ4n) is 13.1. The van der Waals surface area contributed by atoms with E-state index in [9.17, 15) is 24.0 Å². The third-order valence-corrected chi connectivity index (χ3v) is 18.0. The van der Waals surface area contributed by atoms with Crippen LogP contribution in [0, 0.1) is 46.8 Å². The summed E-state index contributed by atoms with van der Waals surface area (Å²) in [5.74, 6) is 5.12. The molecule has 12 N–H and O–H groups in total. The van der Waals surface area contributed by atoms with Gasteiger partial charge in [0.2, 0.25) is 12.0 Å². The standard InChI is InChI=1S/C20H36N2O4.C20H37NO5.C19H32N2O4.C3H8O2.C2H6O2.C2H4.CH3N.3CH4.H2O.H2S/c1-21-19(24)17-8-4-15(5-9-17)14-16-6-10-18(11-7-16)22-20(25)26-13-3-2-12-23;1-23-13-3-4-14-25-20(22)21-18-9-5-16(6-10-18)15-17-7-11-19(12-8-17)26-24-2;22-11-1-2-12-25-19(24)21-18-9-5-16(6-10-18)13-15-3-7-17(8-4-15)20-14-23;1-5-3-2-4;3-1-2-4;2*1-2;;;;;/h15-18,23H,2-14H2,1H3,(H,21,24)(H,22,25);16-19H,3-15H2,1-2H3,(H,21,22);15-18,22H,1-13H2,(H,21,24);4H,2-3H2,1H3;3-4H,1-2H2;1-2H2;2H,1H2;3*1H4;2*1H2. The van der Waals surface area contributed by atoms with E-state index in [0.29, 0.717) is 52.1 Å². The molecule has 6 fully saturated rings. The molecule has 0 bridgehead atoms. The van der Waals surface area contributed by atoms with Gasteiger partial charge in [0.25, 0.3) is 0 Å². The number of unbranched alkanes of at least 4 members (excludes halogenated alkanes) is 3. The molecule has 0 aromatic rings. The Morgan fingerprint density at radius 1 is 0.453 bits per heavy atom. The van der Waals surface area contributed by atoms with Crippen LogP contribution >= 0.6 is 13.5 Å². The van der Waals surface area contributed by atoms with Gasteiger partial charge in [-0.25, -0.2) is 33.9 Å². The van der Waals surface area contributed by atoms with Crippen LogP contribution in [0.15, 0.2) is 18.2 Å². The highest BCUT2D eigenvalue weighted by atomic mass is 32.1. The van der Waals surface area contributed by atoms with E-state index < -0.39 is 0 Å². The van der Waals surface area contributed by atoms with Gasteiger partial charge in [-0.15, -0.1) is 13.2 Å². The Hall–Kier alpha value is -3.98. The lowest BCUT2D eigenvalue weighted by molar-refractivity contribution is -0.310. The summed E-state index contributed by atoms with van der Waals surface area (Å²) in [4.78, 5) is 71.3. The van der Waals surface area contributed by atoms with Crippen molar-refractivity contribution in [3.8, 4) is 0 Å². The summed E-state index contributed by atoms with van der Waals surface area (Å²) >= 11 is 0. The molecule has 566 valence electrons. The Kier molecular flexibility index (Phi) is 76.6. The molecule has 24 nitrogen and oxygen atoms in total. The Bertz CT molecular complexity index is 1750. The number of amides is 4. The van der Waals surface area contributed by atoms with Crippen molar-refractivity contribution in [1.82, 2.24) is 21.3 Å². The topological polar surface area (TPSA) is 367 Å². The average molecular weight is 1390 g/mol. The Balaban J connectivity index is -0.000000279. The summed E-state index contributed by atoms with van der Waals surface area (Å²) in [6.45, 7) is 11.0. The number of methoxy groups -OCH3 is 2. The smallest absolute Gasteiger partial charge is 0.407 e. The number of hydrogen-bond donors (Lipinski definition) is 10. The lowest BCUT2D eigenvalue weighted by Crippen LogP contribution is -2.38. The number of aliphatic hydroxyl groups excluding tert-OH is 5. The van der Waals surface area contributed by atoms with E-state index in [1.54, 1.807) is 34.5 Å². The van der Waals surface area contributed by atoms with Gasteiger partial charge >= 0.3 is 18.3 Å². The van der Waals surface area contributed by atoms with Crippen molar-refractivity contribution in [1.29, 1.82) is 5.41 Å². The summed E-state index contributed by atoms with van der Waals surface area (Å²) in [6, 6.07) is 0.959. The molecular weight excluding hydrogens is 1240 g/mol. The Morgan fingerprint density at radius 3 is 1.03 bits per heavy atom. The second-order valence-corrected chi connectivity index (χ2v) is 24.6. The first-order chi connectivity index (χ1) is 43.9. The lowest BCUT2D eigenvalue weighted by atomic mass is 9.74. The number of carbonyl (C=O) groups excluding carboxylic acids is 5. The highest BCUT2D eigenvalue weighted by Gasteiger charge is 2.32. The number of hydrogen-bond acceptors (Lipinski definition) is 19. The van der Waals surface area contributed by atoms with Crippen molar-refractivity contribution in [2.24, 2.45) is 46.4 Å². The van der Waals surface area contributed by atoms with Crippen molar-refractivity contribution in [3.63, 3.8) is 0 Å². The molecule has 0 unspecified atom stereocenters. The predicted octanol–water partition coefficient (Wildman–Crippen LogP) is 11.4. The summed E-state index contributed by atoms with van der Waals surface area (Å²) < 4.78 is 24.9. The van der Waals surface area contributed by atoms with E-state index in [0.717, 1.165) is 132 Å². The summed E-state index contributed by atoms with van der Waals surface area (Å²) in [7, 11) is 6.56. The third kappa shape index (κ3) is 53.6. The quantitative estimate of drug-likeness (QED) is 0.00632. The number of aliphatic imine (C=N–C) groups is 1. The Morgan fingerprint density at radius 2 is 0.758 bits per heavy atom. The molecule has 0 aliphatic heterocycles. The normalized spacial score (nSPS) is 24.6. The highest BCUT2D eigenvalue weighted by molar-refractivity contribution is 7.59. The molecule has 25 heteroatoms. The van der Waals surface area contributed by atoms with Crippen molar-refractivity contribution in [2.45, 2.75) is 264 Å². The average Bonchev–Trinajstić information content (AvgIpc) is 1.27. The van der Waals surface area contributed by atoms with Crippen LogP contribution in [0.4, 0.5) is 14.4 Å². The molecule has 0 aromatic heterocycles. The first-order valence-corrected chi connectivity index (χ1v) is 34.0. The van der Waals surface area contributed by atoms with Gasteiger partial charge < -0.3 is 81.4 Å². The van der Waals surface area contributed by atoms with E-state index in [4.69, 9.17) is 59.7 Å². The number of nitrogens with zero attached hydrogens (tertiary/aromatic N) is 1. The minimum Gasteiger partial charge on any atom is -0.450 e. The molecule has 0 saturated heterocycles. The third-order valence-electron chi connectivity index (χ3n) is 18.0. The number of rotatable bonds is 29. The van der Waals surface area contributed by atoms with Gasteiger partial charge in [0, 0.05) is 65.1 Å². The minimum atomic E-state index is -0.324. The number of nitrogens with one attached hydrogen (secondary N) is 5. The van der Waals surface area contributed by atoms with E-state index >= 15 is 0 Å². The maximum absolute atomic E-state index is 11.8. The number of carbonyl (C=O) groups is 4. The minimum absolute atomic E-state index is 0. The van der Waals surface area contributed by atoms with Crippen LogP contribution in [0.1, 0.15) is 234 Å². The van der Waals surface area contributed by atoms with Crippen molar-refractivity contribution in [2.75, 3.05) is 94.4 Å². The maximum atomic E-state index is 11.8. The number of alkyl carbamates (subject to hydrolysis) is 3. The summed E-state index contributed by atoms with van der Waals surface area (Å²) in [5, 5.41) is 57.8. The largest absolute Gasteiger partial charge is 0.450 e. The van der Waals surface area contributed by atoms with Gasteiger partial charge in [-0.2, -0.15) is 13.5 Å². The molecule has 95 heavy (non-hydrogen) atoms. The van der Waals surface area contributed by atoms with Crippen LogP contribution in [-0.2, 0) is 43.0 Å². The van der Waals surface area contributed by atoms with Crippen LogP contribution in [-0.4, -0.2) is 193 Å². The van der Waals surface area contributed by atoms with Crippen molar-refractivity contribution < 1.29 is 88.4 Å². The number of isocyanates is 1. The zero-order valence-electron chi connectivity index (χ0n) is 57.0. The first-order valence-electron chi connectivity index (χ1n) is 34.0. The van der Waals surface area contributed by atoms with Crippen LogP contribution < -0.4 is 21.3 Å². The molecule has 6 rings (SSSR count). The number of ether oxygens (including phenoxy) is 5. The zero-order chi connectivity index (χ0) is 66.8. The molecular formula is C70H142N6O18S. The fourth-order valence-corrected chi connectivity index (χ4v) is 13.1. The fraction of sp³-hybridized carbons (Fsp3) is 0.886. The SMILES string of the molecule is C.C.C.C=C.C=N.CNC(=O)C1CCC(CC2CCC(NC(=O)OCCCCO)CC2)CC1.COCCCCOC(=O)NC1CCC(CC2CCC(OOC)CC2)CC1.COCCO.O.O=C=NC1CCC(CC2CCC(NC(=O)OCCCCO)CC2)CC1.OCCO.S. The maximum Gasteiger partial charge on any atom is 0.407 e. The van der Waals surface area contributed by atoms with Gasteiger partial charge in [-0.3, -0.25) is 4.79 Å². The van der Waals surface area contributed by atoms with Gasteiger partial charge in [-0.1, -0.05) is 22.3 Å². The van der Waals surface area contributed by atoms with Crippen molar-refractivity contribution >= 4 is 50.5 Å². The van der Waals surface area contributed by atoms with Gasteiger partial charge in [-0.05, 0) is 254 Å². The lowest BCUT2D eigenvalue weighted by Gasteiger charge is -2.33.